The third kappa shape index (κ3) is 4.55. The zero-order chi connectivity index (χ0) is 19.9. The van der Waals surface area contributed by atoms with E-state index in [9.17, 15) is 4.79 Å². The maximum atomic E-state index is 13.1. The van der Waals surface area contributed by atoms with E-state index in [1.54, 1.807) is 12.3 Å². The van der Waals surface area contributed by atoms with Crippen LogP contribution in [0.25, 0.3) is 0 Å². The Balaban J connectivity index is 1.58. The van der Waals surface area contributed by atoms with Crippen LogP contribution in [0.5, 0.6) is 0 Å². The molecule has 0 radical (unpaired) electrons. The summed E-state index contributed by atoms with van der Waals surface area (Å²) >= 11 is 0. The molecule has 4 aromatic rings. The van der Waals surface area contributed by atoms with Crippen molar-refractivity contribution in [3.8, 4) is 0 Å². The molecule has 4 rings (SSSR count). The molecule has 0 amide bonds. The van der Waals surface area contributed by atoms with E-state index in [0.717, 1.165) is 16.9 Å². The number of carbonyl (C=O) groups is 1. The number of benzene rings is 3. The molecule has 1 aromatic heterocycles. The van der Waals surface area contributed by atoms with Gasteiger partial charge in [0.2, 0.25) is 0 Å². The van der Waals surface area contributed by atoms with Crippen molar-refractivity contribution in [3.05, 3.63) is 126 Å². The molecule has 29 heavy (non-hydrogen) atoms. The summed E-state index contributed by atoms with van der Waals surface area (Å²) in [6, 6.07) is 30.6. The van der Waals surface area contributed by atoms with Gasteiger partial charge in [0, 0.05) is 5.69 Å². The molecule has 0 unspecified atom stereocenters. The maximum absolute atomic E-state index is 13.1. The lowest BCUT2D eigenvalue weighted by Crippen LogP contribution is -2.15. The number of hydrogen-bond acceptors (Lipinski definition) is 4. The minimum atomic E-state index is -0.483. The number of anilines is 1. The number of nitrogens with one attached hydrogen (secondary N) is 1. The molecule has 4 heteroatoms. The standard InChI is InChI=1S/C25H21NO3/c27-25(22-15-7-8-16-23(22)26-18-21-14-9-17-28-21)29-24(19-10-3-1-4-11-19)20-12-5-2-6-13-20/h1-17,24,26H,18H2. The van der Waals surface area contributed by atoms with Gasteiger partial charge in [0.25, 0.3) is 0 Å². The third-order valence-corrected chi connectivity index (χ3v) is 4.61. The predicted octanol–water partition coefficient (Wildman–Crippen LogP) is 5.84. The summed E-state index contributed by atoms with van der Waals surface area (Å²) in [7, 11) is 0. The first-order valence-electron chi connectivity index (χ1n) is 9.47. The number of ether oxygens (including phenoxy) is 1. The number of carbonyl (C=O) groups excluding carboxylic acids is 1. The first-order chi connectivity index (χ1) is 14.3. The van der Waals surface area contributed by atoms with Gasteiger partial charge in [-0.25, -0.2) is 4.79 Å². The van der Waals surface area contributed by atoms with Crippen LogP contribution in [0.3, 0.4) is 0 Å². The summed E-state index contributed by atoms with van der Waals surface area (Å²) in [5.41, 5.74) is 3.03. The van der Waals surface area contributed by atoms with Crippen molar-refractivity contribution in [1.29, 1.82) is 0 Å². The average Bonchev–Trinajstić information content (AvgIpc) is 3.31. The van der Waals surface area contributed by atoms with Crippen LogP contribution in [-0.2, 0) is 11.3 Å². The Labute approximate surface area is 169 Å². The van der Waals surface area contributed by atoms with E-state index in [1.807, 2.05) is 91.0 Å². The second-order valence-corrected chi connectivity index (χ2v) is 6.59. The molecule has 3 aromatic carbocycles. The first-order valence-corrected chi connectivity index (χ1v) is 9.47. The van der Waals surface area contributed by atoms with Crippen LogP contribution < -0.4 is 5.32 Å². The van der Waals surface area contributed by atoms with Gasteiger partial charge in [0.15, 0.2) is 6.10 Å². The van der Waals surface area contributed by atoms with Gasteiger partial charge < -0.3 is 14.5 Å². The molecule has 0 spiro atoms. The number of hydrogen-bond donors (Lipinski definition) is 1. The lowest BCUT2D eigenvalue weighted by Gasteiger charge is -2.20. The lowest BCUT2D eigenvalue weighted by molar-refractivity contribution is 0.0379. The van der Waals surface area contributed by atoms with Crippen molar-refractivity contribution in [2.45, 2.75) is 12.6 Å². The lowest BCUT2D eigenvalue weighted by atomic mass is 10.0. The van der Waals surface area contributed by atoms with Crippen molar-refractivity contribution < 1.29 is 13.9 Å². The minimum absolute atomic E-state index is 0.384. The molecule has 0 atom stereocenters. The van der Waals surface area contributed by atoms with Crippen LogP contribution in [0.2, 0.25) is 0 Å². The zero-order valence-electron chi connectivity index (χ0n) is 15.8. The van der Waals surface area contributed by atoms with Gasteiger partial charge in [0.1, 0.15) is 5.76 Å². The molecule has 1 N–H and O–H groups in total. The van der Waals surface area contributed by atoms with E-state index in [4.69, 9.17) is 9.15 Å². The van der Waals surface area contributed by atoms with Crippen LogP contribution in [0.1, 0.15) is 33.3 Å². The highest BCUT2D eigenvalue weighted by atomic mass is 16.5. The monoisotopic (exact) mass is 383 g/mol. The molecule has 0 aliphatic rings. The molecular weight excluding hydrogens is 362 g/mol. The number of para-hydroxylation sites is 1. The fourth-order valence-corrected chi connectivity index (χ4v) is 3.17. The summed E-state index contributed by atoms with van der Waals surface area (Å²) < 4.78 is 11.3. The van der Waals surface area contributed by atoms with E-state index in [-0.39, 0.29) is 5.97 Å². The van der Waals surface area contributed by atoms with Crippen LogP contribution in [0, 0.1) is 0 Å². The second-order valence-electron chi connectivity index (χ2n) is 6.59. The summed E-state index contributed by atoms with van der Waals surface area (Å²) in [6.07, 6.45) is 1.14. The minimum Gasteiger partial charge on any atom is -0.467 e. The van der Waals surface area contributed by atoms with Crippen LogP contribution in [-0.4, -0.2) is 5.97 Å². The van der Waals surface area contributed by atoms with E-state index in [0.29, 0.717) is 17.8 Å². The van der Waals surface area contributed by atoms with Crippen molar-refractivity contribution in [1.82, 2.24) is 0 Å². The summed E-state index contributed by atoms with van der Waals surface area (Å²) in [5, 5.41) is 3.25. The Morgan fingerprint density at radius 2 is 1.41 bits per heavy atom. The largest absolute Gasteiger partial charge is 0.467 e. The quantitative estimate of drug-likeness (QED) is 0.408. The van der Waals surface area contributed by atoms with Gasteiger partial charge in [-0.3, -0.25) is 0 Å². The average molecular weight is 383 g/mol. The van der Waals surface area contributed by atoms with Crippen LogP contribution in [0.15, 0.2) is 108 Å². The fourth-order valence-electron chi connectivity index (χ4n) is 3.17. The summed E-state index contributed by atoms with van der Waals surface area (Å²) in [6.45, 7) is 0.484. The van der Waals surface area contributed by atoms with Crippen LogP contribution in [0.4, 0.5) is 5.69 Å². The topological polar surface area (TPSA) is 51.5 Å². The highest BCUT2D eigenvalue weighted by Gasteiger charge is 2.21. The summed E-state index contributed by atoms with van der Waals surface area (Å²) in [5.74, 6) is 0.407. The van der Waals surface area contributed by atoms with Gasteiger partial charge in [-0.2, -0.15) is 0 Å². The van der Waals surface area contributed by atoms with Crippen molar-refractivity contribution in [2.24, 2.45) is 0 Å². The molecule has 0 aliphatic carbocycles. The Kier molecular flexibility index (Phi) is 5.72. The SMILES string of the molecule is O=C(OC(c1ccccc1)c1ccccc1)c1ccccc1NCc1ccco1. The first kappa shape index (κ1) is 18.6. The fraction of sp³-hybridized carbons (Fsp3) is 0.0800. The molecule has 0 saturated heterocycles. The molecule has 4 nitrogen and oxygen atoms in total. The molecular formula is C25H21NO3. The Hall–Kier alpha value is -3.79. The smallest absolute Gasteiger partial charge is 0.341 e. The van der Waals surface area contributed by atoms with E-state index < -0.39 is 6.10 Å². The van der Waals surface area contributed by atoms with Crippen molar-refractivity contribution in [2.75, 3.05) is 5.32 Å². The zero-order valence-corrected chi connectivity index (χ0v) is 15.8. The van der Waals surface area contributed by atoms with Gasteiger partial charge in [-0.05, 0) is 35.4 Å². The second kappa shape index (κ2) is 8.93. The van der Waals surface area contributed by atoms with Gasteiger partial charge in [-0.15, -0.1) is 0 Å². The van der Waals surface area contributed by atoms with Gasteiger partial charge >= 0.3 is 5.97 Å². The molecule has 0 fully saturated rings. The van der Waals surface area contributed by atoms with Gasteiger partial charge in [0.05, 0.1) is 18.4 Å². The normalized spacial score (nSPS) is 10.7. The Bertz CT molecular complexity index is 1000. The number of esters is 1. The number of furan rings is 1. The number of rotatable bonds is 7. The van der Waals surface area contributed by atoms with E-state index in [1.165, 1.54) is 0 Å². The highest BCUT2D eigenvalue weighted by Crippen LogP contribution is 2.28. The predicted molar refractivity (Wildman–Crippen MR) is 113 cm³/mol. The highest BCUT2D eigenvalue weighted by molar-refractivity contribution is 5.95. The van der Waals surface area contributed by atoms with E-state index >= 15 is 0 Å². The summed E-state index contributed by atoms with van der Waals surface area (Å²) in [4.78, 5) is 13.1. The van der Waals surface area contributed by atoms with Gasteiger partial charge in [-0.1, -0.05) is 72.8 Å². The maximum Gasteiger partial charge on any atom is 0.341 e. The van der Waals surface area contributed by atoms with Crippen molar-refractivity contribution in [3.63, 3.8) is 0 Å². The third-order valence-electron chi connectivity index (χ3n) is 4.61. The Morgan fingerprint density at radius 1 is 0.793 bits per heavy atom. The molecule has 0 aliphatic heterocycles. The van der Waals surface area contributed by atoms with E-state index in [2.05, 4.69) is 5.32 Å². The molecule has 1 heterocycles. The van der Waals surface area contributed by atoms with Crippen LogP contribution >= 0.6 is 0 Å². The molecule has 0 bridgehead atoms. The molecule has 144 valence electrons. The Morgan fingerprint density at radius 3 is 2.03 bits per heavy atom. The molecule has 0 saturated carbocycles. The van der Waals surface area contributed by atoms with Crippen molar-refractivity contribution >= 4 is 11.7 Å².